The summed E-state index contributed by atoms with van der Waals surface area (Å²) in [4.78, 5) is 12.2. The monoisotopic (exact) mass is 264 g/mol. The third kappa shape index (κ3) is 3.02. The lowest BCUT2D eigenvalue weighted by Crippen LogP contribution is -2.30. The molecule has 3 rings (SSSR count). The third-order valence-electron chi connectivity index (χ3n) is 4.81. The number of esters is 1. The number of carbonyl (C=O) groups excluding carboxylic acids is 1. The van der Waals surface area contributed by atoms with Crippen LogP contribution in [-0.4, -0.2) is 18.4 Å². The standard InChI is InChI=1S/C16H24O3/c1-11(18-14-5-3-2-4-6-14)19-16(17)15-10-12-7-8-13(15)9-12/h7,11,13-15H,2-6,8-10H2,1H3. The molecule has 3 atom stereocenters. The van der Waals surface area contributed by atoms with Crippen LogP contribution >= 0.6 is 0 Å². The Morgan fingerprint density at radius 3 is 2.68 bits per heavy atom. The molecule has 0 aliphatic heterocycles. The molecule has 0 aromatic heterocycles. The van der Waals surface area contributed by atoms with Gasteiger partial charge >= 0.3 is 5.97 Å². The Balaban J connectivity index is 1.45. The second-order valence-electron chi connectivity index (χ2n) is 6.27. The normalized spacial score (nSPS) is 32.2. The summed E-state index contributed by atoms with van der Waals surface area (Å²) in [5.41, 5.74) is 1.45. The maximum absolute atomic E-state index is 12.2. The third-order valence-corrected chi connectivity index (χ3v) is 4.81. The van der Waals surface area contributed by atoms with Crippen molar-refractivity contribution >= 4 is 5.97 Å². The summed E-state index contributed by atoms with van der Waals surface area (Å²) in [5, 5.41) is 0. The molecule has 2 saturated carbocycles. The minimum Gasteiger partial charge on any atom is -0.436 e. The minimum absolute atomic E-state index is 0.0450. The first kappa shape index (κ1) is 13.2. The van der Waals surface area contributed by atoms with Gasteiger partial charge in [0.15, 0.2) is 6.29 Å². The lowest BCUT2D eigenvalue weighted by molar-refractivity contribution is -0.192. The Morgan fingerprint density at radius 1 is 1.26 bits per heavy atom. The van der Waals surface area contributed by atoms with Gasteiger partial charge in [0.2, 0.25) is 0 Å². The van der Waals surface area contributed by atoms with Gasteiger partial charge in [-0.25, -0.2) is 0 Å². The first-order valence-corrected chi connectivity index (χ1v) is 7.76. The Labute approximate surface area is 115 Å². The smallest absolute Gasteiger partial charge is 0.311 e. The van der Waals surface area contributed by atoms with Crippen LogP contribution in [0.2, 0.25) is 0 Å². The topological polar surface area (TPSA) is 35.5 Å². The van der Waals surface area contributed by atoms with Gasteiger partial charge in [-0.05, 0) is 44.9 Å². The molecule has 3 unspecified atom stereocenters. The molecule has 2 fully saturated rings. The van der Waals surface area contributed by atoms with Gasteiger partial charge < -0.3 is 9.47 Å². The largest absolute Gasteiger partial charge is 0.436 e. The Kier molecular flexibility index (Phi) is 3.92. The van der Waals surface area contributed by atoms with E-state index in [9.17, 15) is 4.79 Å². The zero-order valence-corrected chi connectivity index (χ0v) is 11.8. The molecule has 2 bridgehead atoms. The summed E-state index contributed by atoms with van der Waals surface area (Å²) in [7, 11) is 0. The molecular weight excluding hydrogens is 240 g/mol. The van der Waals surface area contributed by atoms with Gasteiger partial charge in [0, 0.05) is 0 Å². The van der Waals surface area contributed by atoms with E-state index in [1.54, 1.807) is 0 Å². The number of hydrogen-bond acceptors (Lipinski definition) is 3. The van der Waals surface area contributed by atoms with E-state index >= 15 is 0 Å². The van der Waals surface area contributed by atoms with Crippen molar-refractivity contribution in [2.75, 3.05) is 0 Å². The molecule has 3 heteroatoms. The van der Waals surface area contributed by atoms with Crippen LogP contribution < -0.4 is 0 Å². The molecule has 0 radical (unpaired) electrons. The van der Waals surface area contributed by atoms with Gasteiger partial charge in [0.05, 0.1) is 12.0 Å². The zero-order chi connectivity index (χ0) is 13.2. The van der Waals surface area contributed by atoms with Crippen molar-refractivity contribution < 1.29 is 14.3 Å². The lowest BCUT2D eigenvalue weighted by atomic mass is 9.92. The van der Waals surface area contributed by atoms with E-state index in [0.29, 0.717) is 12.0 Å². The van der Waals surface area contributed by atoms with Gasteiger partial charge in [-0.1, -0.05) is 30.9 Å². The van der Waals surface area contributed by atoms with E-state index < -0.39 is 0 Å². The van der Waals surface area contributed by atoms with Crippen molar-refractivity contribution in [2.45, 2.75) is 70.7 Å². The molecular formula is C16H24O3. The number of hydrogen-bond donors (Lipinski definition) is 0. The van der Waals surface area contributed by atoms with Gasteiger partial charge in [0.25, 0.3) is 0 Å². The molecule has 3 aliphatic rings. The Morgan fingerprint density at radius 2 is 2.05 bits per heavy atom. The molecule has 0 aromatic carbocycles. The number of ether oxygens (including phenoxy) is 2. The molecule has 19 heavy (non-hydrogen) atoms. The first-order chi connectivity index (χ1) is 9.22. The fraction of sp³-hybridized carbons (Fsp3) is 0.812. The maximum atomic E-state index is 12.2. The fourth-order valence-corrected chi connectivity index (χ4v) is 3.77. The molecule has 3 nitrogen and oxygen atoms in total. The van der Waals surface area contributed by atoms with E-state index in [-0.39, 0.29) is 18.2 Å². The molecule has 0 heterocycles. The second-order valence-corrected chi connectivity index (χ2v) is 6.27. The van der Waals surface area contributed by atoms with Crippen molar-refractivity contribution in [3.63, 3.8) is 0 Å². The second kappa shape index (κ2) is 5.66. The predicted molar refractivity (Wildman–Crippen MR) is 72.4 cm³/mol. The van der Waals surface area contributed by atoms with Crippen molar-refractivity contribution in [1.82, 2.24) is 0 Å². The van der Waals surface area contributed by atoms with Crippen LogP contribution in [-0.2, 0) is 14.3 Å². The molecule has 0 spiro atoms. The predicted octanol–water partition coefficient (Wildman–Crippen LogP) is 3.58. The highest BCUT2D eigenvalue weighted by atomic mass is 16.7. The number of carbonyl (C=O) groups is 1. The highest BCUT2D eigenvalue weighted by Gasteiger charge is 2.40. The van der Waals surface area contributed by atoms with E-state index in [1.807, 2.05) is 6.92 Å². The molecule has 3 aliphatic carbocycles. The van der Waals surface area contributed by atoms with Crippen LogP contribution in [0, 0.1) is 11.8 Å². The molecule has 0 aromatic rings. The van der Waals surface area contributed by atoms with Crippen molar-refractivity contribution in [1.29, 1.82) is 0 Å². The Hall–Kier alpha value is -0.830. The molecule has 0 amide bonds. The van der Waals surface area contributed by atoms with Crippen LogP contribution in [0.3, 0.4) is 0 Å². The van der Waals surface area contributed by atoms with Gasteiger partial charge in [-0.2, -0.15) is 0 Å². The van der Waals surface area contributed by atoms with Crippen LogP contribution in [0.1, 0.15) is 58.3 Å². The molecule has 106 valence electrons. The van der Waals surface area contributed by atoms with Crippen LogP contribution in [0.25, 0.3) is 0 Å². The van der Waals surface area contributed by atoms with E-state index in [2.05, 4.69) is 6.08 Å². The maximum Gasteiger partial charge on any atom is 0.311 e. The van der Waals surface area contributed by atoms with Crippen molar-refractivity contribution in [2.24, 2.45) is 11.8 Å². The average Bonchev–Trinajstić information content (AvgIpc) is 3.02. The molecule has 0 N–H and O–H groups in total. The Bertz CT molecular complexity index is 368. The van der Waals surface area contributed by atoms with Crippen LogP contribution in [0.15, 0.2) is 11.6 Å². The summed E-state index contributed by atoms with van der Waals surface area (Å²) in [5.74, 6) is 0.554. The summed E-state index contributed by atoms with van der Waals surface area (Å²) in [6, 6.07) is 0. The van der Waals surface area contributed by atoms with E-state index in [4.69, 9.17) is 9.47 Å². The van der Waals surface area contributed by atoms with E-state index in [1.165, 1.54) is 24.8 Å². The van der Waals surface area contributed by atoms with Crippen LogP contribution in [0.4, 0.5) is 0 Å². The summed E-state index contributed by atoms with van der Waals surface area (Å²) >= 11 is 0. The van der Waals surface area contributed by atoms with Gasteiger partial charge in [-0.15, -0.1) is 0 Å². The summed E-state index contributed by atoms with van der Waals surface area (Å²) in [6.07, 6.45) is 11.3. The lowest BCUT2D eigenvalue weighted by Gasteiger charge is -2.27. The quantitative estimate of drug-likeness (QED) is 0.442. The van der Waals surface area contributed by atoms with Crippen LogP contribution in [0.5, 0.6) is 0 Å². The summed E-state index contributed by atoms with van der Waals surface area (Å²) < 4.78 is 11.3. The highest BCUT2D eigenvalue weighted by molar-refractivity contribution is 5.74. The first-order valence-electron chi connectivity index (χ1n) is 7.76. The number of fused-ring (bicyclic) bond motifs is 2. The van der Waals surface area contributed by atoms with Gasteiger partial charge in [-0.3, -0.25) is 4.79 Å². The SMILES string of the molecule is CC(OC(=O)C1CC2=CCC1C2)OC1CCCCC1. The van der Waals surface area contributed by atoms with Gasteiger partial charge in [0.1, 0.15) is 0 Å². The average molecular weight is 264 g/mol. The van der Waals surface area contributed by atoms with E-state index in [0.717, 1.165) is 32.1 Å². The number of allylic oxidation sites excluding steroid dienone is 2. The summed E-state index contributed by atoms with van der Waals surface area (Å²) in [6.45, 7) is 1.86. The number of rotatable bonds is 4. The molecule has 0 saturated heterocycles. The minimum atomic E-state index is -0.385. The van der Waals surface area contributed by atoms with Crippen molar-refractivity contribution in [3.05, 3.63) is 11.6 Å². The highest BCUT2D eigenvalue weighted by Crippen LogP contribution is 2.44. The fourth-order valence-electron chi connectivity index (χ4n) is 3.77. The zero-order valence-electron chi connectivity index (χ0n) is 11.8. The van der Waals surface area contributed by atoms with Crippen molar-refractivity contribution in [3.8, 4) is 0 Å².